The van der Waals surface area contributed by atoms with Crippen LogP contribution >= 0.6 is 46.0 Å². The Labute approximate surface area is 213 Å². The summed E-state index contributed by atoms with van der Waals surface area (Å²) in [5, 5.41) is 32.8. The first-order valence-corrected chi connectivity index (χ1v) is 13.1. The van der Waals surface area contributed by atoms with Crippen molar-refractivity contribution in [3.05, 3.63) is 63.2 Å². The molecule has 34 heavy (non-hydrogen) atoms. The van der Waals surface area contributed by atoms with E-state index in [0.29, 0.717) is 38.2 Å². The maximum absolute atomic E-state index is 9.97. The number of nitriles is 2. The molecule has 4 aromatic rings. The average Bonchev–Trinajstić information content (AvgIpc) is 3.55. The minimum atomic E-state index is -0.0404. The van der Waals surface area contributed by atoms with E-state index < -0.39 is 0 Å². The molecule has 170 valence electrons. The smallest absolute Gasteiger partial charge is 0.233 e. The largest absolute Gasteiger partial charge is 0.477 e. The number of benzene rings is 1. The minimum Gasteiger partial charge on any atom is -0.477 e. The summed E-state index contributed by atoms with van der Waals surface area (Å²) >= 11 is 10.2. The van der Waals surface area contributed by atoms with E-state index in [0.717, 1.165) is 16.3 Å². The molecule has 3 aromatic heterocycles. The average molecular weight is 526 g/mol. The van der Waals surface area contributed by atoms with Crippen molar-refractivity contribution in [2.75, 3.05) is 13.2 Å². The van der Waals surface area contributed by atoms with Gasteiger partial charge in [0.1, 0.15) is 27.7 Å². The Bertz CT molecular complexity index is 1360. The lowest BCUT2D eigenvalue weighted by atomic mass is 10.0. The molecule has 0 aliphatic rings. The predicted molar refractivity (Wildman–Crippen MR) is 134 cm³/mol. The molecule has 0 saturated heterocycles. The second kappa shape index (κ2) is 11.4. The van der Waals surface area contributed by atoms with Gasteiger partial charge in [0.05, 0.1) is 28.3 Å². The van der Waals surface area contributed by atoms with Gasteiger partial charge in [-0.3, -0.25) is 4.98 Å². The lowest BCUT2D eigenvalue weighted by Crippen LogP contribution is -2.06. The van der Waals surface area contributed by atoms with Crippen LogP contribution < -0.4 is 4.74 Å². The maximum Gasteiger partial charge on any atom is 0.233 e. The molecule has 0 aliphatic carbocycles. The van der Waals surface area contributed by atoms with Gasteiger partial charge in [0.15, 0.2) is 0 Å². The highest BCUT2D eigenvalue weighted by molar-refractivity contribution is 7.98. The van der Waals surface area contributed by atoms with E-state index in [-0.39, 0.29) is 24.7 Å². The molecule has 1 N–H and O–H groups in total. The van der Waals surface area contributed by atoms with Crippen LogP contribution in [0.4, 0.5) is 0 Å². The van der Waals surface area contributed by atoms with Gasteiger partial charge in [-0.05, 0) is 12.1 Å². The molecule has 0 unspecified atom stereocenters. The molecule has 0 fully saturated rings. The molecule has 3 heterocycles. The molecular formula is C23H16ClN5O2S3. The van der Waals surface area contributed by atoms with Gasteiger partial charge in [-0.1, -0.05) is 35.5 Å². The number of aromatic nitrogens is 3. The highest BCUT2D eigenvalue weighted by Gasteiger charge is 2.24. The van der Waals surface area contributed by atoms with E-state index in [1.807, 2.05) is 29.6 Å². The lowest BCUT2D eigenvalue weighted by Gasteiger charge is -2.14. The summed E-state index contributed by atoms with van der Waals surface area (Å²) in [5.74, 6) is 0.622. The highest BCUT2D eigenvalue weighted by Crippen LogP contribution is 2.40. The fourth-order valence-electron chi connectivity index (χ4n) is 3.02. The number of pyridine rings is 1. The SMILES string of the molecule is N#Cc1c(OCCCO)nc(SCc2csc(-c3ccc(Cl)cc3)n2)c(C#N)c1-c1cncs1. The van der Waals surface area contributed by atoms with Crippen molar-refractivity contribution in [2.45, 2.75) is 17.2 Å². The monoisotopic (exact) mass is 525 g/mol. The van der Waals surface area contributed by atoms with Gasteiger partial charge < -0.3 is 9.84 Å². The molecular weight excluding hydrogens is 510 g/mol. The number of thiazole rings is 2. The molecule has 0 atom stereocenters. The second-order valence-corrected chi connectivity index (χ2v) is 9.95. The first-order valence-electron chi connectivity index (χ1n) is 9.98. The molecule has 0 spiro atoms. The first kappa shape index (κ1) is 24.1. The van der Waals surface area contributed by atoms with Gasteiger partial charge in [-0.15, -0.1) is 22.7 Å². The third-order valence-corrected chi connectivity index (χ3v) is 7.57. The Morgan fingerprint density at radius 1 is 1.09 bits per heavy atom. The molecule has 0 radical (unpaired) electrons. The zero-order valence-electron chi connectivity index (χ0n) is 17.6. The van der Waals surface area contributed by atoms with E-state index in [9.17, 15) is 10.5 Å². The zero-order chi connectivity index (χ0) is 23.9. The van der Waals surface area contributed by atoms with Crippen LogP contribution in [0, 0.1) is 22.7 Å². The molecule has 1 aromatic carbocycles. The summed E-state index contributed by atoms with van der Waals surface area (Å²) < 4.78 is 5.71. The van der Waals surface area contributed by atoms with E-state index in [1.54, 1.807) is 11.7 Å². The van der Waals surface area contributed by atoms with Crippen molar-refractivity contribution in [3.8, 4) is 39.0 Å². The van der Waals surface area contributed by atoms with Gasteiger partial charge in [-0.25, -0.2) is 9.97 Å². The molecule has 4 rings (SSSR count). The standard InChI is InChI=1S/C23H16ClN5O2S3/c24-15-4-2-14(3-5-15)22-28-16(11-32-22)12-33-23-18(9-26)20(19-10-27-13-34-19)17(8-25)21(29-23)31-7-1-6-30/h2-5,10-11,13,30H,1,6-7,12H2. The summed E-state index contributed by atoms with van der Waals surface area (Å²) in [7, 11) is 0. The lowest BCUT2D eigenvalue weighted by molar-refractivity contribution is 0.228. The number of hydrogen-bond donors (Lipinski definition) is 1. The van der Waals surface area contributed by atoms with Crippen molar-refractivity contribution < 1.29 is 9.84 Å². The van der Waals surface area contributed by atoms with Gasteiger partial charge in [0.2, 0.25) is 5.88 Å². The third-order valence-electron chi connectivity index (χ3n) is 4.57. The fourth-order valence-corrected chi connectivity index (χ4v) is 5.63. The first-order chi connectivity index (χ1) is 16.6. The normalized spacial score (nSPS) is 10.6. The van der Waals surface area contributed by atoms with Gasteiger partial charge in [-0.2, -0.15) is 10.5 Å². The van der Waals surface area contributed by atoms with E-state index in [2.05, 4.69) is 22.1 Å². The fraction of sp³-hybridized carbons (Fsp3) is 0.174. The topological polar surface area (TPSA) is 116 Å². The van der Waals surface area contributed by atoms with Crippen LogP contribution in [0.25, 0.3) is 21.0 Å². The van der Waals surface area contributed by atoms with Crippen molar-refractivity contribution in [1.29, 1.82) is 10.5 Å². The van der Waals surface area contributed by atoms with Crippen LogP contribution in [-0.2, 0) is 5.75 Å². The Morgan fingerprint density at radius 3 is 2.56 bits per heavy atom. The number of halogens is 1. The van der Waals surface area contributed by atoms with E-state index >= 15 is 0 Å². The molecule has 7 nitrogen and oxygen atoms in total. The quantitative estimate of drug-likeness (QED) is 0.216. The number of thioether (sulfide) groups is 1. The molecule has 0 bridgehead atoms. The number of hydrogen-bond acceptors (Lipinski definition) is 10. The van der Waals surface area contributed by atoms with Gasteiger partial charge in [0, 0.05) is 46.5 Å². The zero-order valence-corrected chi connectivity index (χ0v) is 20.8. The summed E-state index contributed by atoms with van der Waals surface area (Å²) in [6.07, 6.45) is 2.02. The molecule has 0 saturated carbocycles. The Morgan fingerprint density at radius 2 is 1.88 bits per heavy atom. The summed E-state index contributed by atoms with van der Waals surface area (Å²) in [4.78, 5) is 14.0. The number of nitrogens with zero attached hydrogens (tertiary/aromatic N) is 5. The molecule has 11 heteroatoms. The number of aliphatic hydroxyl groups is 1. The Kier molecular flexibility index (Phi) is 8.12. The van der Waals surface area contributed by atoms with Crippen molar-refractivity contribution >= 4 is 46.0 Å². The maximum atomic E-state index is 9.97. The second-order valence-electron chi connectivity index (χ2n) is 6.80. The summed E-state index contributed by atoms with van der Waals surface area (Å²) in [6, 6.07) is 11.8. The molecule has 0 amide bonds. The van der Waals surface area contributed by atoms with E-state index in [4.69, 9.17) is 26.4 Å². The number of ether oxygens (including phenoxy) is 1. The molecule has 0 aliphatic heterocycles. The minimum absolute atomic E-state index is 0.0404. The van der Waals surface area contributed by atoms with Crippen LogP contribution in [0.5, 0.6) is 5.88 Å². The summed E-state index contributed by atoms with van der Waals surface area (Å²) in [5.41, 5.74) is 4.41. The summed E-state index contributed by atoms with van der Waals surface area (Å²) in [6.45, 7) is 0.161. The van der Waals surface area contributed by atoms with E-state index in [1.165, 1.54) is 34.4 Å². The van der Waals surface area contributed by atoms with Crippen LogP contribution in [0.1, 0.15) is 23.2 Å². The van der Waals surface area contributed by atoms with Crippen LogP contribution in [0.3, 0.4) is 0 Å². The number of aliphatic hydroxyl groups excluding tert-OH is 1. The van der Waals surface area contributed by atoms with Crippen LogP contribution in [0.2, 0.25) is 5.02 Å². The van der Waals surface area contributed by atoms with Crippen molar-refractivity contribution in [1.82, 2.24) is 15.0 Å². The van der Waals surface area contributed by atoms with Crippen molar-refractivity contribution in [2.24, 2.45) is 0 Å². The highest BCUT2D eigenvalue weighted by atomic mass is 35.5. The predicted octanol–water partition coefficient (Wildman–Crippen LogP) is 5.78. The van der Waals surface area contributed by atoms with Crippen LogP contribution in [0.15, 0.2) is 46.4 Å². The Hall–Kier alpha value is -2.99. The van der Waals surface area contributed by atoms with Crippen LogP contribution in [-0.4, -0.2) is 33.3 Å². The van der Waals surface area contributed by atoms with Gasteiger partial charge >= 0.3 is 0 Å². The van der Waals surface area contributed by atoms with Gasteiger partial charge in [0.25, 0.3) is 0 Å². The third kappa shape index (κ3) is 5.39. The number of rotatable bonds is 9. The Balaban J connectivity index is 1.66. The van der Waals surface area contributed by atoms with Crippen molar-refractivity contribution in [3.63, 3.8) is 0 Å².